The fraction of sp³-hybridized carbons (Fsp3) is 0.438. The van der Waals surface area contributed by atoms with Crippen LogP contribution in [-0.4, -0.2) is 51.0 Å². The van der Waals surface area contributed by atoms with Gasteiger partial charge in [0.1, 0.15) is 12.4 Å². The van der Waals surface area contributed by atoms with Gasteiger partial charge in [-0.15, -0.1) is 0 Å². The van der Waals surface area contributed by atoms with Gasteiger partial charge in [0.15, 0.2) is 0 Å². The molecule has 0 spiro atoms. The first-order valence-corrected chi connectivity index (χ1v) is 7.86. The number of hydrogen-bond donors (Lipinski definition) is 0. The van der Waals surface area contributed by atoms with E-state index < -0.39 is 5.69 Å². The molecule has 0 N–H and O–H groups in total. The van der Waals surface area contributed by atoms with Crippen molar-refractivity contribution in [2.45, 2.75) is 25.4 Å². The van der Waals surface area contributed by atoms with Gasteiger partial charge in [-0.25, -0.2) is 14.8 Å². The first-order valence-electron chi connectivity index (χ1n) is 7.86. The largest absolute Gasteiger partial charge is 0.361 e. The minimum absolute atomic E-state index is 0.00995. The highest BCUT2D eigenvalue weighted by Gasteiger charge is 2.31. The number of likely N-dealkylation sites (tertiary alicyclic amines) is 1. The van der Waals surface area contributed by atoms with Crippen LogP contribution in [0.3, 0.4) is 0 Å². The number of carbonyl (C=O) groups is 1. The summed E-state index contributed by atoms with van der Waals surface area (Å²) in [4.78, 5) is 40.5. The van der Waals surface area contributed by atoms with Crippen LogP contribution in [0.2, 0.25) is 0 Å². The van der Waals surface area contributed by atoms with Crippen LogP contribution in [0.5, 0.6) is 0 Å². The van der Waals surface area contributed by atoms with Gasteiger partial charge in [-0.3, -0.25) is 14.3 Å². The Balaban J connectivity index is 1.80. The Hall–Kier alpha value is -2.77. The lowest BCUT2D eigenvalue weighted by Gasteiger charge is -2.25. The molecular weight excluding hydrogens is 308 g/mol. The summed E-state index contributed by atoms with van der Waals surface area (Å²) in [7, 11) is 3.81. The van der Waals surface area contributed by atoms with Crippen molar-refractivity contribution >= 4 is 11.7 Å². The molecular formula is C16H20N6O2. The van der Waals surface area contributed by atoms with E-state index in [0.717, 1.165) is 24.4 Å². The van der Waals surface area contributed by atoms with Crippen molar-refractivity contribution in [1.29, 1.82) is 0 Å². The second-order valence-corrected chi connectivity index (χ2v) is 5.97. The van der Waals surface area contributed by atoms with Crippen molar-refractivity contribution < 1.29 is 4.79 Å². The predicted molar refractivity (Wildman–Crippen MR) is 88.5 cm³/mol. The Morgan fingerprint density at radius 2 is 2.21 bits per heavy atom. The topological polar surface area (TPSA) is 84.2 Å². The monoisotopic (exact) mass is 328 g/mol. The molecule has 24 heavy (non-hydrogen) atoms. The van der Waals surface area contributed by atoms with Gasteiger partial charge in [0.2, 0.25) is 5.91 Å². The molecule has 1 saturated heterocycles. The molecule has 1 aliphatic heterocycles. The van der Waals surface area contributed by atoms with Gasteiger partial charge in [-0.2, -0.15) is 0 Å². The zero-order valence-electron chi connectivity index (χ0n) is 13.8. The average molecular weight is 328 g/mol. The van der Waals surface area contributed by atoms with Crippen molar-refractivity contribution in [2.24, 2.45) is 0 Å². The van der Waals surface area contributed by atoms with E-state index in [1.807, 2.05) is 19.0 Å². The molecule has 0 bridgehead atoms. The highest BCUT2D eigenvalue weighted by molar-refractivity contribution is 5.76. The maximum absolute atomic E-state index is 12.6. The van der Waals surface area contributed by atoms with E-state index in [0.29, 0.717) is 6.54 Å². The van der Waals surface area contributed by atoms with Gasteiger partial charge < -0.3 is 9.80 Å². The molecule has 1 atom stereocenters. The van der Waals surface area contributed by atoms with Gasteiger partial charge in [0.25, 0.3) is 0 Å². The fourth-order valence-electron chi connectivity index (χ4n) is 2.86. The van der Waals surface area contributed by atoms with Crippen molar-refractivity contribution in [1.82, 2.24) is 24.4 Å². The SMILES string of the molecule is CN(C)c1cncc(C2CCCN2C(=O)Cn2cccnc2=O)n1. The van der Waals surface area contributed by atoms with Crippen LogP contribution < -0.4 is 10.6 Å². The van der Waals surface area contributed by atoms with Crippen molar-refractivity contribution in [3.05, 3.63) is 47.0 Å². The van der Waals surface area contributed by atoms with Crippen LogP contribution in [-0.2, 0) is 11.3 Å². The third-order valence-electron chi connectivity index (χ3n) is 4.10. The molecule has 2 aromatic heterocycles. The summed E-state index contributed by atoms with van der Waals surface area (Å²) < 4.78 is 1.32. The van der Waals surface area contributed by atoms with E-state index >= 15 is 0 Å². The van der Waals surface area contributed by atoms with E-state index in [2.05, 4.69) is 15.0 Å². The lowest BCUT2D eigenvalue weighted by Crippen LogP contribution is -2.36. The van der Waals surface area contributed by atoms with Crippen LogP contribution >= 0.6 is 0 Å². The smallest absolute Gasteiger partial charge is 0.347 e. The first-order chi connectivity index (χ1) is 11.6. The number of anilines is 1. The minimum Gasteiger partial charge on any atom is -0.361 e. The summed E-state index contributed by atoms with van der Waals surface area (Å²) in [5.41, 5.74) is 0.363. The number of aromatic nitrogens is 4. The molecule has 8 heteroatoms. The second kappa shape index (κ2) is 6.77. The van der Waals surface area contributed by atoms with Gasteiger partial charge >= 0.3 is 5.69 Å². The zero-order chi connectivity index (χ0) is 17.1. The Bertz CT molecular complexity index is 788. The molecule has 0 radical (unpaired) electrons. The van der Waals surface area contributed by atoms with Gasteiger partial charge in [-0.1, -0.05) is 0 Å². The van der Waals surface area contributed by atoms with Crippen molar-refractivity contribution in [2.75, 3.05) is 25.5 Å². The quantitative estimate of drug-likeness (QED) is 0.811. The average Bonchev–Trinajstić information content (AvgIpc) is 3.07. The fourth-order valence-corrected chi connectivity index (χ4v) is 2.86. The number of rotatable bonds is 4. The van der Waals surface area contributed by atoms with Gasteiger partial charge in [-0.05, 0) is 18.9 Å². The Morgan fingerprint density at radius 1 is 1.38 bits per heavy atom. The number of amides is 1. The molecule has 3 rings (SSSR count). The number of nitrogens with zero attached hydrogens (tertiary/aromatic N) is 6. The highest BCUT2D eigenvalue weighted by atomic mass is 16.2. The highest BCUT2D eigenvalue weighted by Crippen LogP contribution is 2.31. The van der Waals surface area contributed by atoms with Crippen LogP contribution in [0.15, 0.2) is 35.6 Å². The molecule has 1 amide bonds. The Morgan fingerprint density at radius 3 is 2.96 bits per heavy atom. The summed E-state index contributed by atoms with van der Waals surface area (Å²) in [6.45, 7) is 0.649. The normalized spacial score (nSPS) is 17.1. The summed E-state index contributed by atoms with van der Waals surface area (Å²) in [5.74, 6) is 0.653. The van der Waals surface area contributed by atoms with E-state index in [4.69, 9.17) is 0 Å². The zero-order valence-corrected chi connectivity index (χ0v) is 13.8. The van der Waals surface area contributed by atoms with Crippen molar-refractivity contribution in [3.8, 4) is 0 Å². The summed E-state index contributed by atoms with van der Waals surface area (Å²) in [6.07, 6.45) is 8.15. The molecule has 0 aromatic carbocycles. The molecule has 3 heterocycles. The second-order valence-electron chi connectivity index (χ2n) is 5.97. The summed E-state index contributed by atoms with van der Waals surface area (Å²) >= 11 is 0. The molecule has 1 aliphatic rings. The third-order valence-corrected chi connectivity index (χ3v) is 4.10. The molecule has 126 valence electrons. The first kappa shape index (κ1) is 16.1. The minimum atomic E-state index is -0.420. The molecule has 1 fully saturated rings. The standard InChI is InChI=1S/C16H20N6O2/c1-20(2)14-10-17-9-12(19-14)13-5-3-8-22(13)15(23)11-21-7-4-6-18-16(21)24/h4,6-7,9-10,13H,3,5,8,11H2,1-2H3. The van der Waals surface area contributed by atoms with E-state index in [9.17, 15) is 9.59 Å². The summed E-state index contributed by atoms with van der Waals surface area (Å²) in [6, 6.07) is 1.54. The lowest BCUT2D eigenvalue weighted by atomic mass is 10.1. The molecule has 0 saturated carbocycles. The summed E-state index contributed by atoms with van der Waals surface area (Å²) in [5, 5.41) is 0. The molecule has 0 aliphatic carbocycles. The third kappa shape index (κ3) is 3.27. The molecule has 2 aromatic rings. The molecule has 8 nitrogen and oxygen atoms in total. The number of carbonyl (C=O) groups excluding carboxylic acids is 1. The predicted octanol–water partition coefficient (Wildman–Crippen LogP) is 0.463. The van der Waals surface area contributed by atoms with Gasteiger partial charge in [0.05, 0.1) is 24.1 Å². The lowest BCUT2D eigenvalue weighted by molar-refractivity contribution is -0.132. The van der Waals surface area contributed by atoms with Crippen LogP contribution in [0.1, 0.15) is 24.6 Å². The van der Waals surface area contributed by atoms with Crippen LogP contribution in [0.25, 0.3) is 0 Å². The maximum atomic E-state index is 12.6. The van der Waals surface area contributed by atoms with Gasteiger partial charge in [0, 0.05) is 33.0 Å². The van der Waals surface area contributed by atoms with Crippen LogP contribution in [0.4, 0.5) is 5.82 Å². The van der Waals surface area contributed by atoms with E-state index in [1.54, 1.807) is 29.6 Å². The molecule has 1 unspecified atom stereocenters. The Labute approximate surface area is 139 Å². The van der Waals surface area contributed by atoms with E-state index in [1.165, 1.54) is 10.8 Å². The van der Waals surface area contributed by atoms with Crippen molar-refractivity contribution in [3.63, 3.8) is 0 Å². The van der Waals surface area contributed by atoms with E-state index in [-0.39, 0.29) is 18.5 Å². The Kier molecular flexibility index (Phi) is 4.54. The number of hydrogen-bond acceptors (Lipinski definition) is 6. The maximum Gasteiger partial charge on any atom is 0.347 e. The van der Waals surface area contributed by atoms with Crippen LogP contribution in [0, 0.1) is 0 Å².